The zero-order valence-corrected chi connectivity index (χ0v) is 10.6. The van der Waals surface area contributed by atoms with Crippen molar-refractivity contribution in [2.24, 2.45) is 0 Å². The normalized spacial score (nSPS) is 24.9. The molecule has 2 rings (SSSR count). The summed E-state index contributed by atoms with van der Waals surface area (Å²) in [6.45, 7) is 3.46. The van der Waals surface area contributed by atoms with Gasteiger partial charge in [-0.05, 0) is 43.5 Å². The molecule has 1 heterocycles. The molecule has 1 aromatic carbocycles. The molecular weight excluding hydrogens is 241 g/mol. The summed E-state index contributed by atoms with van der Waals surface area (Å²) in [6.07, 6.45) is 2.29. The average Bonchev–Trinajstić information content (AvgIpc) is 2.30. The molecular formula is C13H17ClFNO. The lowest BCUT2D eigenvalue weighted by Crippen LogP contribution is -2.37. The summed E-state index contributed by atoms with van der Waals surface area (Å²) in [5.74, 6) is -0.244. The molecule has 2 atom stereocenters. The predicted molar refractivity (Wildman–Crippen MR) is 66.7 cm³/mol. The fraction of sp³-hybridized carbons (Fsp3) is 0.538. The molecule has 0 radical (unpaired) electrons. The topological polar surface area (TPSA) is 21.3 Å². The second-order valence-electron chi connectivity index (χ2n) is 4.52. The molecule has 1 aromatic rings. The van der Waals surface area contributed by atoms with E-state index >= 15 is 0 Å². The minimum atomic E-state index is -0.244. The van der Waals surface area contributed by atoms with E-state index in [1.807, 2.05) is 0 Å². The van der Waals surface area contributed by atoms with E-state index in [0.29, 0.717) is 23.7 Å². The first kappa shape index (κ1) is 12.8. The lowest BCUT2D eigenvalue weighted by Gasteiger charge is -2.28. The molecule has 0 bridgehead atoms. The molecule has 1 saturated heterocycles. The highest BCUT2D eigenvalue weighted by atomic mass is 35.5. The quantitative estimate of drug-likeness (QED) is 0.898. The zero-order valence-electron chi connectivity index (χ0n) is 9.88. The number of benzene rings is 1. The van der Waals surface area contributed by atoms with Crippen LogP contribution in [-0.2, 0) is 11.3 Å². The number of hydrogen-bond donors (Lipinski definition) is 1. The summed E-state index contributed by atoms with van der Waals surface area (Å²) in [5, 5.41) is 4.02. The minimum absolute atomic E-state index is 0.244. The molecule has 1 N–H and O–H groups in total. The van der Waals surface area contributed by atoms with Crippen molar-refractivity contribution in [3.05, 3.63) is 34.6 Å². The Balaban J connectivity index is 1.90. The van der Waals surface area contributed by atoms with Gasteiger partial charge in [0.05, 0.1) is 6.10 Å². The third kappa shape index (κ3) is 3.66. The summed E-state index contributed by atoms with van der Waals surface area (Å²) in [6, 6.07) is 4.89. The second kappa shape index (κ2) is 5.80. The van der Waals surface area contributed by atoms with Crippen LogP contribution < -0.4 is 5.32 Å². The van der Waals surface area contributed by atoms with E-state index in [1.165, 1.54) is 12.1 Å². The van der Waals surface area contributed by atoms with Crippen LogP contribution in [-0.4, -0.2) is 18.8 Å². The third-order valence-electron chi connectivity index (χ3n) is 3.07. The molecule has 0 saturated carbocycles. The van der Waals surface area contributed by atoms with Gasteiger partial charge in [0.1, 0.15) is 5.82 Å². The Morgan fingerprint density at radius 3 is 3.12 bits per heavy atom. The summed E-state index contributed by atoms with van der Waals surface area (Å²) in [7, 11) is 0. The SMILES string of the molecule is CC1CC(NCc2cc(F)ccc2Cl)CCO1. The first-order valence-corrected chi connectivity index (χ1v) is 6.32. The van der Waals surface area contributed by atoms with E-state index in [1.54, 1.807) is 6.07 Å². The van der Waals surface area contributed by atoms with Crippen molar-refractivity contribution in [3.8, 4) is 0 Å². The van der Waals surface area contributed by atoms with Crippen LogP contribution in [0, 0.1) is 5.82 Å². The lowest BCUT2D eigenvalue weighted by atomic mass is 10.0. The molecule has 1 fully saturated rings. The minimum Gasteiger partial charge on any atom is -0.378 e. The number of halogens is 2. The fourth-order valence-electron chi connectivity index (χ4n) is 2.12. The Morgan fingerprint density at radius 1 is 1.53 bits per heavy atom. The van der Waals surface area contributed by atoms with Gasteiger partial charge in [-0.15, -0.1) is 0 Å². The first-order valence-electron chi connectivity index (χ1n) is 5.94. The van der Waals surface area contributed by atoms with Gasteiger partial charge in [-0.25, -0.2) is 4.39 Å². The predicted octanol–water partition coefficient (Wildman–Crippen LogP) is 3.14. The molecule has 0 spiro atoms. The molecule has 94 valence electrons. The second-order valence-corrected chi connectivity index (χ2v) is 4.93. The highest BCUT2D eigenvalue weighted by molar-refractivity contribution is 6.31. The van der Waals surface area contributed by atoms with Crippen molar-refractivity contribution in [1.82, 2.24) is 5.32 Å². The van der Waals surface area contributed by atoms with Gasteiger partial charge < -0.3 is 10.1 Å². The van der Waals surface area contributed by atoms with Crippen LogP contribution in [0.25, 0.3) is 0 Å². The van der Waals surface area contributed by atoms with Gasteiger partial charge in [-0.1, -0.05) is 11.6 Å². The van der Waals surface area contributed by atoms with E-state index in [2.05, 4.69) is 12.2 Å². The number of hydrogen-bond acceptors (Lipinski definition) is 2. The average molecular weight is 258 g/mol. The van der Waals surface area contributed by atoms with Crippen LogP contribution in [0.5, 0.6) is 0 Å². The summed E-state index contributed by atoms with van der Waals surface area (Å²) in [5.41, 5.74) is 0.811. The molecule has 0 aromatic heterocycles. The smallest absolute Gasteiger partial charge is 0.123 e. The molecule has 2 nitrogen and oxygen atoms in total. The summed E-state index contributed by atoms with van der Waals surface area (Å²) < 4.78 is 18.5. The molecule has 0 aliphatic carbocycles. The highest BCUT2D eigenvalue weighted by Crippen LogP contribution is 2.18. The van der Waals surface area contributed by atoms with Crippen molar-refractivity contribution in [2.75, 3.05) is 6.61 Å². The van der Waals surface area contributed by atoms with Crippen molar-refractivity contribution < 1.29 is 9.13 Å². The van der Waals surface area contributed by atoms with Crippen LogP contribution in [0.3, 0.4) is 0 Å². The third-order valence-corrected chi connectivity index (χ3v) is 3.44. The molecule has 4 heteroatoms. The maximum absolute atomic E-state index is 13.1. The van der Waals surface area contributed by atoms with E-state index in [4.69, 9.17) is 16.3 Å². The van der Waals surface area contributed by atoms with Gasteiger partial charge in [-0.2, -0.15) is 0 Å². The Morgan fingerprint density at radius 2 is 2.35 bits per heavy atom. The van der Waals surface area contributed by atoms with Gasteiger partial charge in [0.25, 0.3) is 0 Å². The standard InChI is InChI=1S/C13H17ClFNO/c1-9-6-12(4-5-17-9)16-8-10-7-11(15)2-3-13(10)14/h2-3,7,9,12,16H,4-6,8H2,1H3. The molecule has 17 heavy (non-hydrogen) atoms. The number of ether oxygens (including phenoxy) is 1. The van der Waals surface area contributed by atoms with Gasteiger partial charge in [0, 0.05) is 24.2 Å². The molecule has 2 unspecified atom stereocenters. The van der Waals surface area contributed by atoms with Crippen LogP contribution in [0.1, 0.15) is 25.3 Å². The maximum atomic E-state index is 13.1. The lowest BCUT2D eigenvalue weighted by molar-refractivity contribution is 0.0130. The summed E-state index contributed by atoms with van der Waals surface area (Å²) >= 11 is 6.01. The van der Waals surface area contributed by atoms with Crippen molar-refractivity contribution in [2.45, 2.75) is 38.5 Å². The Kier molecular flexibility index (Phi) is 4.37. The van der Waals surface area contributed by atoms with Crippen LogP contribution in [0.2, 0.25) is 5.02 Å². The van der Waals surface area contributed by atoms with Crippen LogP contribution in [0.15, 0.2) is 18.2 Å². The van der Waals surface area contributed by atoms with Crippen molar-refractivity contribution >= 4 is 11.6 Å². The highest BCUT2D eigenvalue weighted by Gasteiger charge is 2.18. The maximum Gasteiger partial charge on any atom is 0.123 e. The van der Waals surface area contributed by atoms with Crippen molar-refractivity contribution in [1.29, 1.82) is 0 Å². The first-order chi connectivity index (χ1) is 8.15. The van der Waals surface area contributed by atoms with E-state index < -0.39 is 0 Å². The Hall–Kier alpha value is -0.640. The summed E-state index contributed by atoms with van der Waals surface area (Å²) in [4.78, 5) is 0. The zero-order chi connectivity index (χ0) is 12.3. The van der Waals surface area contributed by atoms with Gasteiger partial charge in [-0.3, -0.25) is 0 Å². The van der Waals surface area contributed by atoms with Gasteiger partial charge >= 0.3 is 0 Å². The van der Waals surface area contributed by atoms with E-state index in [9.17, 15) is 4.39 Å². The molecule has 1 aliphatic rings. The van der Waals surface area contributed by atoms with Crippen LogP contribution in [0.4, 0.5) is 4.39 Å². The van der Waals surface area contributed by atoms with Gasteiger partial charge in [0.2, 0.25) is 0 Å². The Bertz CT molecular complexity index is 386. The number of nitrogens with one attached hydrogen (secondary N) is 1. The Labute approximate surface area is 106 Å². The number of rotatable bonds is 3. The fourth-order valence-corrected chi connectivity index (χ4v) is 2.30. The van der Waals surface area contributed by atoms with E-state index in [0.717, 1.165) is 25.0 Å². The molecule has 0 amide bonds. The van der Waals surface area contributed by atoms with Gasteiger partial charge in [0.15, 0.2) is 0 Å². The van der Waals surface area contributed by atoms with Crippen molar-refractivity contribution in [3.63, 3.8) is 0 Å². The molecule has 1 aliphatic heterocycles. The largest absolute Gasteiger partial charge is 0.378 e. The van der Waals surface area contributed by atoms with Crippen LogP contribution >= 0.6 is 11.6 Å². The van der Waals surface area contributed by atoms with E-state index in [-0.39, 0.29) is 5.82 Å². The monoisotopic (exact) mass is 257 g/mol.